The number of anilines is 3. The number of rotatable bonds is 7. The number of aromatic nitrogens is 3. The van der Waals surface area contributed by atoms with Gasteiger partial charge in [-0.3, -0.25) is 9.88 Å². The zero-order valence-electron chi connectivity index (χ0n) is 26.7. The number of fused-ring (bicyclic) bond motifs is 1. The molecule has 2 aliphatic rings. The second-order valence-corrected chi connectivity index (χ2v) is 13.8. The fraction of sp³-hybridized carbons (Fsp3) is 0.441. The van der Waals surface area contributed by atoms with Gasteiger partial charge in [-0.1, -0.05) is 11.3 Å². The standard InChI is InChI=1S/C34H38FN7O3S/c1-6-41(32-39-30(29(16-36)46-32)22-8-7-20(2)37-17-22)28-15-27(21-9-10-21)38-31-25(28)13-23(14-26(31)35)40-11-12-42(24(18-40)19-43)33(44)45-34(3,4)5/h7-8,13-15,17,21,24,43H,6,9-12,18-19H2,1-5H3. The quantitative estimate of drug-likeness (QED) is 0.240. The molecule has 12 heteroatoms. The van der Waals surface area contributed by atoms with Crippen LogP contribution in [0.4, 0.5) is 25.7 Å². The lowest BCUT2D eigenvalue weighted by molar-refractivity contribution is 0.00704. The summed E-state index contributed by atoms with van der Waals surface area (Å²) in [5.41, 5.74) is 4.08. The van der Waals surface area contributed by atoms with E-state index in [-0.39, 0.29) is 18.0 Å². The van der Waals surface area contributed by atoms with Gasteiger partial charge in [0.15, 0.2) is 10.9 Å². The lowest BCUT2D eigenvalue weighted by Gasteiger charge is -2.42. The third kappa shape index (κ3) is 6.34. The first kappa shape index (κ1) is 31.6. The van der Waals surface area contributed by atoms with E-state index in [1.807, 2.05) is 47.9 Å². The van der Waals surface area contributed by atoms with Crippen LogP contribution in [0.5, 0.6) is 0 Å². The first-order chi connectivity index (χ1) is 22.0. The van der Waals surface area contributed by atoms with E-state index in [2.05, 4.69) is 11.1 Å². The lowest BCUT2D eigenvalue weighted by Crippen LogP contribution is -2.57. The van der Waals surface area contributed by atoms with E-state index in [0.29, 0.717) is 53.0 Å². The molecule has 1 atom stereocenters. The molecule has 3 aromatic heterocycles. The number of aliphatic hydroxyl groups excluding tert-OH is 1. The molecular formula is C34H38FN7O3S. The van der Waals surface area contributed by atoms with Gasteiger partial charge in [-0.2, -0.15) is 5.26 Å². The Morgan fingerprint density at radius 2 is 2.00 bits per heavy atom. The Balaban J connectivity index is 1.40. The molecule has 1 aliphatic carbocycles. The second-order valence-electron chi connectivity index (χ2n) is 12.8. The number of nitrogens with zero attached hydrogens (tertiary/aromatic N) is 7. The van der Waals surface area contributed by atoms with Crippen molar-refractivity contribution in [2.24, 2.45) is 0 Å². The molecule has 1 N–H and O–H groups in total. The summed E-state index contributed by atoms with van der Waals surface area (Å²) in [5.74, 6) is -0.155. The highest BCUT2D eigenvalue weighted by Crippen LogP contribution is 2.45. The van der Waals surface area contributed by atoms with Crippen LogP contribution in [0, 0.1) is 24.1 Å². The van der Waals surface area contributed by atoms with Gasteiger partial charge in [0.25, 0.3) is 0 Å². The summed E-state index contributed by atoms with van der Waals surface area (Å²) in [6, 6.07) is 11.0. The van der Waals surface area contributed by atoms with Gasteiger partial charge in [-0.15, -0.1) is 0 Å². The Morgan fingerprint density at radius 3 is 2.63 bits per heavy atom. The highest BCUT2D eigenvalue weighted by molar-refractivity contribution is 7.16. The van der Waals surface area contributed by atoms with Crippen molar-refractivity contribution in [1.29, 1.82) is 5.26 Å². The number of carbonyl (C=O) groups excluding carboxylic acids is 1. The summed E-state index contributed by atoms with van der Waals surface area (Å²) < 4.78 is 21.6. The van der Waals surface area contributed by atoms with E-state index < -0.39 is 23.6 Å². The molecule has 240 valence electrons. The predicted octanol–water partition coefficient (Wildman–Crippen LogP) is 6.53. The molecule has 4 aromatic rings. The minimum atomic E-state index is -0.660. The molecule has 1 aliphatic heterocycles. The maximum Gasteiger partial charge on any atom is 0.410 e. The summed E-state index contributed by atoms with van der Waals surface area (Å²) in [4.78, 5) is 33.0. The number of amides is 1. The molecule has 1 saturated carbocycles. The zero-order valence-corrected chi connectivity index (χ0v) is 27.6. The van der Waals surface area contributed by atoms with Crippen molar-refractivity contribution >= 4 is 44.8 Å². The summed E-state index contributed by atoms with van der Waals surface area (Å²) in [7, 11) is 0. The number of benzene rings is 1. The number of piperazine rings is 1. The van der Waals surface area contributed by atoms with Crippen LogP contribution in [-0.4, -0.2) is 75.5 Å². The number of nitriles is 1. The van der Waals surface area contributed by atoms with Crippen molar-refractivity contribution in [1.82, 2.24) is 19.9 Å². The van der Waals surface area contributed by atoms with E-state index in [9.17, 15) is 15.2 Å². The van der Waals surface area contributed by atoms with Crippen LogP contribution < -0.4 is 9.80 Å². The Morgan fingerprint density at radius 1 is 1.22 bits per heavy atom. The lowest BCUT2D eigenvalue weighted by atomic mass is 10.1. The Bertz CT molecular complexity index is 1810. The molecule has 1 amide bonds. The average molecular weight is 644 g/mol. The summed E-state index contributed by atoms with van der Waals surface area (Å²) in [6.45, 7) is 10.7. The molecule has 46 heavy (non-hydrogen) atoms. The molecule has 4 heterocycles. The van der Waals surface area contributed by atoms with Crippen molar-refractivity contribution in [3.8, 4) is 17.3 Å². The minimum absolute atomic E-state index is 0.253. The van der Waals surface area contributed by atoms with Gasteiger partial charge in [0.2, 0.25) is 0 Å². The van der Waals surface area contributed by atoms with E-state index in [1.165, 1.54) is 17.4 Å². The number of hydrogen-bond donors (Lipinski definition) is 1. The van der Waals surface area contributed by atoms with Crippen LogP contribution in [0.3, 0.4) is 0 Å². The van der Waals surface area contributed by atoms with E-state index in [0.717, 1.165) is 35.5 Å². The topological polar surface area (TPSA) is 119 Å². The van der Waals surface area contributed by atoms with Crippen LogP contribution >= 0.6 is 11.3 Å². The van der Waals surface area contributed by atoms with E-state index in [4.69, 9.17) is 14.7 Å². The van der Waals surface area contributed by atoms with Crippen LogP contribution in [0.15, 0.2) is 36.5 Å². The molecule has 1 unspecified atom stereocenters. The van der Waals surface area contributed by atoms with Crippen LogP contribution in [0.1, 0.15) is 62.7 Å². The zero-order chi connectivity index (χ0) is 32.7. The second kappa shape index (κ2) is 12.5. The fourth-order valence-corrected chi connectivity index (χ4v) is 6.75. The molecule has 6 rings (SSSR count). The molecule has 10 nitrogen and oxygen atoms in total. The maximum atomic E-state index is 16.1. The number of hydrogen-bond acceptors (Lipinski definition) is 10. The molecule has 1 saturated heterocycles. The molecule has 0 spiro atoms. The van der Waals surface area contributed by atoms with Crippen molar-refractivity contribution in [3.63, 3.8) is 0 Å². The first-order valence-corrected chi connectivity index (χ1v) is 16.4. The van der Waals surface area contributed by atoms with Gasteiger partial charge in [0.1, 0.15) is 27.8 Å². The minimum Gasteiger partial charge on any atom is -0.444 e. The van der Waals surface area contributed by atoms with Crippen molar-refractivity contribution in [2.45, 2.75) is 65.0 Å². The number of aliphatic hydroxyl groups is 1. The predicted molar refractivity (Wildman–Crippen MR) is 177 cm³/mol. The van der Waals surface area contributed by atoms with Crippen molar-refractivity contribution in [2.75, 3.05) is 42.6 Å². The highest BCUT2D eigenvalue weighted by atomic mass is 32.1. The van der Waals surface area contributed by atoms with Crippen LogP contribution in [0.2, 0.25) is 0 Å². The third-order valence-corrected chi connectivity index (χ3v) is 9.26. The van der Waals surface area contributed by atoms with Gasteiger partial charge in [0.05, 0.1) is 18.3 Å². The first-order valence-electron chi connectivity index (χ1n) is 15.6. The number of carbonyl (C=O) groups is 1. The molecule has 0 radical (unpaired) electrons. The third-order valence-electron chi connectivity index (χ3n) is 8.27. The highest BCUT2D eigenvalue weighted by Gasteiger charge is 2.34. The number of halogens is 1. The van der Waals surface area contributed by atoms with Gasteiger partial charge < -0.3 is 19.6 Å². The Kier molecular flexibility index (Phi) is 8.56. The molecule has 2 fully saturated rings. The van der Waals surface area contributed by atoms with E-state index in [1.54, 1.807) is 31.9 Å². The van der Waals surface area contributed by atoms with Crippen molar-refractivity contribution in [3.05, 3.63) is 58.6 Å². The summed E-state index contributed by atoms with van der Waals surface area (Å²) in [6.07, 6.45) is 3.26. The van der Waals surface area contributed by atoms with Gasteiger partial charge >= 0.3 is 6.09 Å². The van der Waals surface area contributed by atoms with Gasteiger partial charge in [-0.05, 0) is 77.8 Å². The van der Waals surface area contributed by atoms with E-state index >= 15 is 4.39 Å². The maximum absolute atomic E-state index is 16.1. The Hall–Kier alpha value is -4.34. The van der Waals surface area contributed by atoms with Gasteiger partial charge in [-0.25, -0.2) is 19.2 Å². The SMILES string of the molecule is CCN(c1nc(-c2ccc(C)nc2)c(C#N)s1)c1cc(C2CC2)nc2c(F)cc(N3CCN(C(=O)OC(C)(C)C)C(CO)C3)cc12. The normalized spacial score (nSPS) is 16.9. The molecular weight excluding hydrogens is 605 g/mol. The van der Waals surface area contributed by atoms with Crippen LogP contribution in [0.25, 0.3) is 22.2 Å². The van der Waals surface area contributed by atoms with Crippen LogP contribution in [-0.2, 0) is 4.74 Å². The number of aryl methyl sites for hydroxylation is 1. The summed E-state index contributed by atoms with van der Waals surface area (Å²) in [5, 5.41) is 21.5. The summed E-state index contributed by atoms with van der Waals surface area (Å²) >= 11 is 1.30. The molecule has 1 aromatic carbocycles. The monoisotopic (exact) mass is 643 g/mol. The van der Waals surface area contributed by atoms with Crippen molar-refractivity contribution < 1.29 is 19.0 Å². The molecule has 0 bridgehead atoms. The Labute approximate surface area is 272 Å². The number of pyridine rings is 2. The average Bonchev–Trinajstić information content (AvgIpc) is 3.80. The largest absolute Gasteiger partial charge is 0.444 e. The number of ether oxygens (including phenoxy) is 1. The smallest absolute Gasteiger partial charge is 0.410 e. The number of thiazole rings is 1. The van der Waals surface area contributed by atoms with Gasteiger partial charge in [0, 0.05) is 66.3 Å². The fourth-order valence-electron chi connectivity index (χ4n) is 5.79.